The molecule has 0 radical (unpaired) electrons. The molecule has 33 heavy (non-hydrogen) atoms. The number of nitrogens with one attached hydrogen (secondary N) is 2. The molecule has 0 fully saturated rings. The molecule has 1 heterocycles. The molecule has 0 aliphatic carbocycles. The first kappa shape index (κ1) is 24.4. The molecule has 0 saturated carbocycles. The Morgan fingerprint density at radius 1 is 1.15 bits per heavy atom. The van der Waals surface area contributed by atoms with Crippen LogP contribution < -0.4 is 15.2 Å². The average Bonchev–Trinajstić information content (AvgIpc) is 3.01. The van der Waals surface area contributed by atoms with Crippen LogP contribution in [0.5, 0.6) is 0 Å². The maximum Gasteiger partial charge on any atom is 0.331 e. The Kier molecular flexibility index (Phi) is 7.15. The zero-order valence-corrected chi connectivity index (χ0v) is 19.1. The fraction of sp³-hybridized carbons (Fsp3) is 0.250. The van der Waals surface area contributed by atoms with Gasteiger partial charge >= 0.3 is 5.97 Å². The van der Waals surface area contributed by atoms with Crippen LogP contribution in [0.2, 0.25) is 0 Å². The number of ether oxygens (including phenoxy) is 1. The number of hydrogen-bond donors (Lipinski definition) is 3. The van der Waals surface area contributed by atoms with Gasteiger partial charge in [-0.2, -0.15) is 0 Å². The topological polar surface area (TPSA) is 174 Å². The second-order valence-corrected chi connectivity index (χ2v) is 10.4. The molecule has 1 atom stereocenters. The van der Waals surface area contributed by atoms with Crippen LogP contribution in [-0.4, -0.2) is 53.7 Å². The highest BCUT2D eigenvalue weighted by molar-refractivity contribution is 7.90. The van der Waals surface area contributed by atoms with Crippen molar-refractivity contribution in [3.05, 3.63) is 59.7 Å². The van der Waals surface area contributed by atoms with Crippen molar-refractivity contribution in [2.45, 2.75) is 29.2 Å². The van der Waals surface area contributed by atoms with Crippen LogP contribution in [-0.2, 0) is 40.8 Å². The first-order valence-electron chi connectivity index (χ1n) is 9.72. The molecule has 13 heteroatoms. The number of rotatable bonds is 8. The number of amides is 1. The molecule has 0 unspecified atom stereocenters. The number of hydrogen-bond acceptors (Lipinski definition) is 8. The predicted molar refractivity (Wildman–Crippen MR) is 118 cm³/mol. The molecule has 4 N–H and O–H groups in total. The third kappa shape index (κ3) is 6.15. The van der Waals surface area contributed by atoms with Gasteiger partial charge in [0, 0.05) is 12.1 Å². The highest BCUT2D eigenvalue weighted by Gasteiger charge is 2.31. The highest BCUT2D eigenvalue weighted by Crippen LogP contribution is 2.22. The zero-order chi connectivity index (χ0) is 24.2. The number of fused-ring (bicyclic) bond motifs is 1. The van der Waals surface area contributed by atoms with Gasteiger partial charge in [0.15, 0.2) is 6.61 Å². The van der Waals surface area contributed by atoms with Crippen LogP contribution >= 0.6 is 0 Å². The number of sulfonamides is 2. The maximum atomic E-state index is 12.2. The van der Waals surface area contributed by atoms with Gasteiger partial charge in [0.2, 0.25) is 10.0 Å². The van der Waals surface area contributed by atoms with Crippen molar-refractivity contribution in [1.82, 2.24) is 10.0 Å². The summed E-state index contributed by atoms with van der Waals surface area (Å²) in [5.74, 6) is -1.29. The van der Waals surface area contributed by atoms with Crippen LogP contribution in [0.4, 0.5) is 0 Å². The van der Waals surface area contributed by atoms with Crippen molar-refractivity contribution in [3.63, 3.8) is 0 Å². The van der Waals surface area contributed by atoms with Crippen molar-refractivity contribution >= 4 is 37.8 Å². The minimum atomic E-state index is -3.77. The zero-order valence-electron chi connectivity index (χ0n) is 17.5. The van der Waals surface area contributed by atoms with Crippen molar-refractivity contribution in [2.75, 3.05) is 13.2 Å². The van der Waals surface area contributed by atoms with E-state index in [1.807, 2.05) is 0 Å². The molecule has 3 rings (SSSR count). The first-order chi connectivity index (χ1) is 15.5. The van der Waals surface area contributed by atoms with Gasteiger partial charge in [-0.15, -0.1) is 0 Å². The number of carbonyl (C=O) groups is 2. The number of benzene rings is 2. The van der Waals surface area contributed by atoms with E-state index in [9.17, 15) is 26.4 Å². The van der Waals surface area contributed by atoms with E-state index in [-0.39, 0.29) is 22.2 Å². The van der Waals surface area contributed by atoms with Crippen LogP contribution in [0.3, 0.4) is 0 Å². The van der Waals surface area contributed by atoms with E-state index in [2.05, 4.69) is 15.0 Å². The Labute approximate surface area is 191 Å². The van der Waals surface area contributed by atoms with Crippen LogP contribution in [0, 0.1) is 0 Å². The Hall–Kier alpha value is -3.29. The molecule has 0 spiro atoms. The summed E-state index contributed by atoms with van der Waals surface area (Å²) < 4.78 is 53.9. The monoisotopic (exact) mass is 494 g/mol. The van der Waals surface area contributed by atoms with Gasteiger partial charge < -0.3 is 10.1 Å². The molecule has 176 valence electrons. The molecular weight excluding hydrogens is 472 g/mol. The number of esters is 1. The summed E-state index contributed by atoms with van der Waals surface area (Å²) in [4.78, 5) is 28.3. The molecular formula is C20H22N4O7S2. The third-order valence-electron chi connectivity index (χ3n) is 4.66. The average molecular weight is 495 g/mol. The molecule has 1 amide bonds. The highest BCUT2D eigenvalue weighted by atomic mass is 32.2. The predicted octanol–water partition coefficient (Wildman–Crippen LogP) is -0.337. The van der Waals surface area contributed by atoms with E-state index >= 15 is 0 Å². The van der Waals surface area contributed by atoms with Crippen LogP contribution in [0.25, 0.3) is 0 Å². The SMILES string of the molecule is C[C@H](N=C1NS(=O)(=O)c2ccccc21)C(=O)OCC(=O)NCCc1ccc(S(N)(=O)=O)cc1. The summed E-state index contributed by atoms with van der Waals surface area (Å²) in [6.07, 6.45) is 0.425. The Balaban J connectivity index is 1.47. The minimum absolute atomic E-state index is 0.00575. The van der Waals surface area contributed by atoms with Crippen molar-refractivity contribution in [2.24, 2.45) is 10.1 Å². The molecule has 1 aliphatic heterocycles. The Morgan fingerprint density at radius 2 is 1.82 bits per heavy atom. The summed E-state index contributed by atoms with van der Waals surface area (Å²) in [6.45, 7) is 1.13. The number of amidine groups is 1. The first-order valence-corrected chi connectivity index (χ1v) is 12.8. The maximum absolute atomic E-state index is 12.2. The fourth-order valence-corrected chi connectivity index (χ4v) is 4.73. The Bertz CT molecular complexity index is 1300. The molecule has 0 aromatic heterocycles. The summed E-state index contributed by atoms with van der Waals surface area (Å²) >= 11 is 0. The van der Waals surface area contributed by atoms with Gasteiger partial charge in [0.25, 0.3) is 15.9 Å². The largest absolute Gasteiger partial charge is 0.454 e. The van der Waals surface area contributed by atoms with Gasteiger partial charge in [-0.1, -0.05) is 24.3 Å². The molecule has 1 aliphatic rings. The van der Waals surface area contributed by atoms with Gasteiger partial charge in [-0.25, -0.2) is 26.8 Å². The quantitative estimate of drug-likeness (QED) is 0.421. The smallest absolute Gasteiger partial charge is 0.331 e. The van der Waals surface area contributed by atoms with E-state index in [1.165, 1.54) is 25.1 Å². The lowest BCUT2D eigenvalue weighted by molar-refractivity contribution is -0.149. The van der Waals surface area contributed by atoms with Gasteiger partial charge in [0.05, 0.1) is 9.79 Å². The van der Waals surface area contributed by atoms with E-state index in [1.54, 1.807) is 30.3 Å². The molecule has 0 saturated heterocycles. The van der Waals surface area contributed by atoms with E-state index in [4.69, 9.17) is 9.88 Å². The van der Waals surface area contributed by atoms with Crippen LogP contribution in [0.15, 0.2) is 63.3 Å². The number of nitrogens with two attached hydrogens (primary N) is 1. The Morgan fingerprint density at radius 3 is 2.48 bits per heavy atom. The van der Waals surface area contributed by atoms with Crippen molar-refractivity contribution < 1.29 is 31.2 Å². The number of carbonyl (C=O) groups excluding carboxylic acids is 2. The summed E-state index contributed by atoms with van der Waals surface area (Å²) in [5, 5.41) is 7.62. The second kappa shape index (κ2) is 9.68. The standard InChI is InChI=1S/C20H22N4O7S2/c1-13(23-19-16-4-2-3-5-17(16)33(29,30)24-19)20(26)31-12-18(25)22-11-10-14-6-8-15(9-7-14)32(21,27)28/h2-9,13H,10-12H2,1H3,(H,22,25)(H,23,24)(H2,21,27,28)/t13-/m0/s1. The van der Waals surface area contributed by atoms with Crippen LogP contribution in [0.1, 0.15) is 18.1 Å². The van der Waals surface area contributed by atoms with E-state index in [0.717, 1.165) is 5.56 Å². The normalized spacial score (nSPS) is 16.5. The fourth-order valence-electron chi connectivity index (χ4n) is 2.98. The summed E-state index contributed by atoms with van der Waals surface area (Å²) in [6, 6.07) is 11.1. The molecule has 2 aromatic carbocycles. The van der Waals surface area contributed by atoms with Crippen molar-refractivity contribution in [3.8, 4) is 0 Å². The lowest BCUT2D eigenvalue weighted by atomic mass is 10.1. The number of aliphatic imine (C=N–C) groups is 1. The van der Waals surface area contributed by atoms with Crippen molar-refractivity contribution in [1.29, 1.82) is 0 Å². The third-order valence-corrected chi connectivity index (χ3v) is 6.99. The van der Waals surface area contributed by atoms with E-state index < -0.39 is 44.6 Å². The number of nitrogens with zero attached hydrogens (tertiary/aromatic N) is 1. The van der Waals surface area contributed by atoms with Gasteiger partial charge in [-0.3, -0.25) is 14.5 Å². The lowest BCUT2D eigenvalue weighted by Gasteiger charge is -2.10. The van der Waals surface area contributed by atoms with Gasteiger partial charge in [-0.05, 0) is 43.2 Å². The molecule has 11 nitrogen and oxygen atoms in total. The number of primary sulfonamides is 1. The van der Waals surface area contributed by atoms with Gasteiger partial charge in [0.1, 0.15) is 11.9 Å². The lowest BCUT2D eigenvalue weighted by Crippen LogP contribution is -2.32. The van der Waals surface area contributed by atoms with E-state index in [0.29, 0.717) is 12.0 Å². The molecule has 2 aromatic rings. The summed E-state index contributed by atoms with van der Waals surface area (Å²) in [7, 11) is -7.49. The minimum Gasteiger partial charge on any atom is -0.454 e. The molecule has 0 bridgehead atoms. The summed E-state index contributed by atoms with van der Waals surface area (Å²) in [5.41, 5.74) is 1.13. The second-order valence-electron chi connectivity index (χ2n) is 7.15.